The Hall–Kier alpha value is -2.14. The van der Waals surface area contributed by atoms with Crippen LogP contribution in [0.4, 0.5) is 0 Å². The molecule has 0 unspecified atom stereocenters. The van der Waals surface area contributed by atoms with Gasteiger partial charge in [0.2, 0.25) is 0 Å². The first-order valence-corrected chi connectivity index (χ1v) is 9.04. The number of allylic oxidation sites excluding steroid dienone is 4. The quantitative estimate of drug-likeness (QED) is 0.874. The predicted octanol–water partition coefficient (Wildman–Crippen LogP) is 3.09. The Labute approximate surface area is 140 Å². The van der Waals surface area contributed by atoms with E-state index in [0.29, 0.717) is 5.56 Å². The number of nitrogens with zero attached hydrogens (tertiary/aromatic N) is 2. The number of carbonyl (C=O) groups excluding carboxylic acids is 1. The van der Waals surface area contributed by atoms with Gasteiger partial charge in [0.15, 0.2) is 0 Å². The Balaban J connectivity index is 1.75. The van der Waals surface area contributed by atoms with Gasteiger partial charge in [-0.2, -0.15) is 22.0 Å². The van der Waals surface area contributed by atoms with E-state index >= 15 is 0 Å². The van der Waals surface area contributed by atoms with Gasteiger partial charge in [0.25, 0.3) is 5.91 Å². The van der Waals surface area contributed by atoms with E-state index in [1.807, 2.05) is 48.6 Å². The fourth-order valence-corrected chi connectivity index (χ4v) is 3.17. The van der Waals surface area contributed by atoms with Gasteiger partial charge < -0.3 is 5.32 Å². The zero-order valence-corrected chi connectivity index (χ0v) is 13.8. The third kappa shape index (κ3) is 3.62. The second-order valence-corrected chi connectivity index (χ2v) is 6.43. The van der Waals surface area contributed by atoms with Crippen molar-refractivity contribution in [3.05, 3.63) is 60.2 Å². The van der Waals surface area contributed by atoms with Gasteiger partial charge in [-0.15, -0.1) is 0 Å². The van der Waals surface area contributed by atoms with Crippen LogP contribution >= 0.6 is 11.8 Å². The van der Waals surface area contributed by atoms with E-state index < -0.39 is 0 Å². The van der Waals surface area contributed by atoms with Crippen LogP contribution in [-0.4, -0.2) is 35.4 Å². The third-order valence-corrected chi connectivity index (χ3v) is 4.55. The molecule has 1 aromatic rings. The number of hydrogen-bond donors (Lipinski definition) is 1. The summed E-state index contributed by atoms with van der Waals surface area (Å²) >= 11 is 1.77. The van der Waals surface area contributed by atoms with Crippen molar-refractivity contribution in [3.63, 3.8) is 0 Å². The minimum Gasteiger partial charge on any atom is -0.344 e. The van der Waals surface area contributed by atoms with E-state index in [-0.39, 0.29) is 17.9 Å². The molecule has 4 nitrogen and oxygen atoms in total. The summed E-state index contributed by atoms with van der Waals surface area (Å²) < 4.78 is 0. The van der Waals surface area contributed by atoms with Crippen LogP contribution in [0, 0.1) is 5.92 Å². The Morgan fingerprint density at radius 3 is 2.87 bits per heavy atom. The second kappa shape index (κ2) is 7.42. The molecule has 1 N–H and O–H groups in total. The molecule has 2 atom stereocenters. The topological polar surface area (TPSA) is 53.8 Å². The summed E-state index contributed by atoms with van der Waals surface area (Å²) in [6.45, 7) is 0. The average Bonchev–Trinajstić information content (AvgIpc) is 3.03. The van der Waals surface area contributed by atoms with Crippen LogP contribution in [0.3, 0.4) is 0 Å². The number of carbonyl (C=O) groups is 1. The van der Waals surface area contributed by atoms with Crippen molar-refractivity contribution in [3.8, 4) is 0 Å². The summed E-state index contributed by atoms with van der Waals surface area (Å²) in [4.78, 5) is 12.5. The highest BCUT2D eigenvalue weighted by atomic mass is 32.2. The Kier molecular flexibility index (Phi) is 5.08. The van der Waals surface area contributed by atoms with Crippen LogP contribution in [0.1, 0.15) is 16.8 Å². The van der Waals surface area contributed by atoms with Crippen molar-refractivity contribution >= 4 is 29.1 Å². The zero-order valence-electron chi connectivity index (χ0n) is 13.0. The van der Waals surface area contributed by atoms with E-state index in [1.54, 1.807) is 11.8 Å². The van der Waals surface area contributed by atoms with Crippen LogP contribution in [-0.2, 0) is 0 Å². The maximum atomic E-state index is 12.5. The van der Waals surface area contributed by atoms with E-state index in [2.05, 4.69) is 27.9 Å². The summed E-state index contributed by atoms with van der Waals surface area (Å²) in [5, 5.41) is 11.7. The van der Waals surface area contributed by atoms with Crippen LogP contribution in [0.5, 0.6) is 0 Å². The van der Waals surface area contributed by atoms with Crippen molar-refractivity contribution < 1.29 is 4.79 Å². The van der Waals surface area contributed by atoms with Gasteiger partial charge in [-0.25, -0.2) is 0 Å². The van der Waals surface area contributed by atoms with Crippen LogP contribution in [0.2, 0.25) is 0 Å². The lowest BCUT2D eigenvalue weighted by atomic mass is 9.89. The zero-order chi connectivity index (χ0) is 16.1. The number of benzene rings is 1. The van der Waals surface area contributed by atoms with E-state index in [0.717, 1.165) is 23.6 Å². The standard InChI is InChI=1S/C18H19N3OS/c1-23-12-11-16(19-18(22)13-7-3-2-4-8-13)17-14-9-5-6-10-15(14)20-21-17/h2-10,14,16H,11-12H2,1H3,(H,19,22)/t14-,16+/m0/s1. The molecular weight excluding hydrogens is 306 g/mol. The number of hydrogen-bond acceptors (Lipinski definition) is 4. The molecule has 1 amide bonds. The summed E-state index contributed by atoms with van der Waals surface area (Å²) in [6, 6.07) is 9.19. The van der Waals surface area contributed by atoms with E-state index in [1.165, 1.54) is 0 Å². The monoisotopic (exact) mass is 325 g/mol. The van der Waals surface area contributed by atoms with E-state index in [9.17, 15) is 4.79 Å². The van der Waals surface area contributed by atoms with Crippen molar-refractivity contribution in [2.75, 3.05) is 12.0 Å². The third-order valence-electron chi connectivity index (χ3n) is 3.91. The first-order valence-electron chi connectivity index (χ1n) is 7.64. The molecule has 0 saturated carbocycles. The molecule has 0 radical (unpaired) electrons. The Morgan fingerprint density at radius 1 is 1.26 bits per heavy atom. The molecule has 118 valence electrons. The smallest absolute Gasteiger partial charge is 0.251 e. The number of amides is 1. The number of thioether (sulfide) groups is 1. The van der Waals surface area contributed by atoms with Gasteiger partial charge in [0.05, 0.1) is 23.4 Å². The largest absolute Gasteiger partial charge is 0.344 e. The molecule has 0 saturated heterocycles. The highest BCUT2D eigenvalue weighted by Crippen LogP contribution is 2.22. The first-order chi connectivity index (χ1) is 11.3. The van der Waals surface area contributed by atoms with Crippen LogP contribution < -0.4 is 5.32 Å². The molecule has 1 aromatic carbocycles. The molecule has 2 aliphatic rings. The molecule has 0 aromatic heterocycles. The molecule has 0 bridgehead atoms. The highest BCUT2D eigenvalue weighted by molar-refractivity contribution is 7.98. The SMILES string of the molecule is CSCC[C@@H](NC(=O)c1ccccc1)C1=NN=C2C=CC=C[C@@H]21. The number of rotatable bonds is 6. The Morgan fingerprint density at radius 2 is 2.09 bits per heavy atom. The molecule has 23 heavy (non-hydrogen) atoms. The lowest BCUT2D eigenvalue weighted by Gasteiger charge is -2.22. The fourth-order valence-electron chi connectivity index (χ4n) is 2.70. The second-order valence-electron chi connectivity index (χ2n) is 5.44. The summed E-state index contributed by atoms with van der Waals surface area (Å²) in [6.07, 6.45) is 11.0. The van der Waals surface area contributed by atoms with Crippen molar-refractivity contribution in [2.24, 2.45) is 16.1 Å². The fraction of sp³-hybridized carbons (Fsp3) is 0.278. The van der Waals surface area contributed by atoms with Gasteiger partial charge in [-0.1, -0.05) is 36.4 Å². The molecule has 1 heterocycles. The van der Waals surface area contributed by atoms with Crippen LogP contribution in [0.15, 0.2) is 64.8 Å². The minimum atomic E-state index is -0.0995. The van der Waals surface area contributed by atoms with Gasteiger partial charge >= 0.3 is 0 Å². The average molecular weight is 325 g/mol. The number of nitrogens with one attached hydrogen (secondary N) is 1. The predicted molar refractivity (Wildman–Crippen MR) is 97.3 cm³/mol. The molecule has 5 heteroatoms. The van der Waals surface area contributed by atoms with E-state index in [4.69, 9.17) is 0 Å². The van der Waals surface area contributed by atoms with Crippen molar-refractivity contribution in [1.82, 2.24) is 5.32 Å². The normalized spacial score (nSPS) is 19.8. The maximum Gasteiger partial charge on any atom is 0.251 e. The molecular formula is C18H19N3OS. The lowest BCUT2D eigenvalue weighted by Crippen LogP contribution is -2.44. The summed E-state index contributed by atoms with van der Waals surface area (Å²) in [5.41, 5.74) is 2.55. The molecule has 1 aliphatic carbocycles. The highest BCUT2D eigenvalue weighted by Gasteiger charge is 2.31. The minimum absolute atomic E-state index is 0.0665. The van der Waals surface area contributed by atoms with Crippen LogP contribution in [0.25, 0.3) is 0 Å². The van der Waals surface area contributed by atoms with Crippen molar-refractivity contribution in [1.29, 1.82) is 0 Å². The molecule has 0 fully saturated rings. The molecule has 1 aliphatic heterocycles. The lowest BCUT2D eigenvalue weighted by molar-refractivity contribution is 0.0946. The van der Waals surface area contributed by atoms with Gasteiger partial charge in [-0.3, -0.25) is 4.79 Å². The summed E-state index contributed by atoms with van der Waals surface area (Å²) in [7, 11) is 0. The molecule has 0 spiro atoms. The van der Waals surface area contributed by atoms with Gasteiger partial charge in [0, 0.05) is 5.56 Å². The first kappa shape index (κ1) is 15.7. The summed E-state index contributed by atoms with van der Waals surface area (Å²) in [5.74, 6) is 0.978. The maximum absolute atomic E-state index is 12.5. The molecule has 3 rings (SSSR count). The Bertz CT molecular complexity index is 691. The van der Waals surface area contributed by atoms with Gasteiger partial charge in [-0.05, 0) is 36.6 Å². The van der Waals surface area contributed by atoms with Crippen molar-refractivity contribution in [2.45, 2.75) is 12.5 Å². The number of fused-ring (bicyclic) bond motifs is 1. The van der Waals surface area contributed by atoms with Gasteiger partial charge in [0.1, 0.15) is 0 Å².